The standard InChI is InChI=1S/C25H48O4Si3/c1-23(2,3)30(10,11)27-19-16-17-21(28-31(12,13)24(4,5)6)20(18-19)22(26)29-32(14,15)25(7,8)9/h16-18H,1-15H3. The van der Waals surface area contributed by atoms with Crippen molar-refractivity contribution in [1.82, 2.24) is 0 Å². The third-order valence-corrected chi connectivity index (χ3v) is 20.7. The maximum atomic E-state index is 13.5. The van der Waals surface area contributed by atoms with Gasteiger partial charge in [-0.2, -0.15) is 0 Å². The Kier molecular flexibility index (Phi) is 8.10. The SMILES string of the molecule is CC(C)(C)[Si](C)(C)OC(=O)c1cc(O[Si](C)(C)C(C)(C)C)ccc1O[Si](C)(C)C(C)(C)C. The van der Waals surface area contributed by atoms with Crippen molar-refractivity contribution in [3.8, 4) is 11.5 Å². The van der Waals surface area contributed by atoms with Gasteiger partial charge in [-0.25, -0.2) is 4.79 Å². The van der Waals surface area contributed by atoms with Gasteiger partial charge in [-0.1, -0.05) is 62.3 Å². The van der Waals surface area contributed by atoms with E-state index in [9.17, 15) is 4.79 Å². The van der Waals surface area contributed by atoms with Gasteiger partial charge in [-0.3, -0.25) is 0 Å². The van der Waals surface area contributed by atoms with Crippen LogP contribution in [0.3, 0.4) is 0 Å². The summed E-state index contributed by atoms with van der Waals surface area (Å²) in [7, 11) is -6.48. The van der Waals surface area contributed by atoms with E-state index in [2.05, 4.69) is 102 Å². The average molecular weight is 497 g/mol. The van der Waals surface area contributed by atoms with E-state index in [1.807, 2.05) is 18.2 Å². The van der Waals surface area contributed by atoms with Crippen LogP contribution in [-0.4, -0.2) is 30.9 Å². The van der Waals surface area contributed by atoms with Gasteiger partial charge in [-0.05, 0) is 72.6 Å². The molecule has 1 aromatic rings. The van der Waals surface area contributed by atoms with Gasteiger partial charge in [0.25, 0.3) is 16.6 Å². The Balaban J connectivity index is 3.50. The van der Waals surface area contributed by atoms with E-state index >= 15 is 0 Å². The van der Waals surface area contributed by atoms with Crippen LogP contribution in [0.5, 0.6) is 11.5 Å². The van der Waals surface area contributed by atoms with Gasteiger partial charge in [0.05, 0.1) is 0 Å². The van der Waals surface area contributed by atoms with Crippen molar-refractivity contribution in [2.24, 2.45) is 0 Å². The summed E-state index contributed by atoms with van der Waals surface area (Å²) in [6, 6.07) is 5.66. The second kappa shape index (κ2) is 8.95. The van der Waals surface area contributed by atoms with Crippen molar-refractivity contribution < 1.29 is 18.1 Å². The molecule has 7 heteroatoms. The molecule has 4 nitrogen and oxygen atoms in total. The molecule has 0 atom stereocenters. The lowest BCUT2D eigenvalue weighted by Gasteiger charge is -2.38. The molecule has 0 saturated heterocycles. The van der Waals surface area contributed by atoms with Crippen LogP contribution in [0.4, 0.5) is 0 Å². The molecular formula is C25H48O4Si3. The van der Waals surface area contributed by atoms with E-state index in [4.69, 9.17) is 13.3 Å². The van der Waals surface area contributed by atoms with E-state index in [0.717, 1.165) is 0 Å². The highest BCUT2D eigenvalue weighted by molar-refractivity contribution is 6.76. The molecule has 0 fully saturated rings. The quantitative estimate of drug-likeness (QED) is 0.370. The molecule has 184 valence electrons. The predicted octanol–water partition coefficient (Wildman–Crippen LogP) is 8.62. The molecule has 1 aromatic carbocycles. The smallest absolute Gasteiger partial charge is 0.328 e. The Morgan fingerprint density at radius 2 is 1.06 bits per heavy atom. The molecule has 0 amide bonds. The fourth-order valence-electron chi connectivity index (χ4n) is 2.14. The zero-order valence-electron chi connectivity index (χ0n) is 23.4. The molecule has 0 aliphatic carbocycles. The molecule has 32 heavy (non-hydrogen) atoms. The second-order valence-corrected chi connectivity index (χ2v) is 27.7. The van der Waals surface area contributed by atoms with Gasteiger partial charge in [0, 0.05) is 0 Å². The minimum absolute atomic E-state index is 0.0178. The molecule has 0 heterocycles. The van der Waals surface area contributed by atoms with E-state index in [0.29, 0.717) is 17.1 Å². The zero-order valence-corrected chi connectivity index (χ0v) is 26.4. The van der Waals surface area contributed by atoms with E-state index in [-0.39, 0.29) is 21.1 Å². The summed E-state index contributed by atoms with van der Waals surface area (Å²) >= 11 is 0. The lowest BCUT2D eigenvalue weighted by molar-refractivity contribution is 0.0710. The Hall–Kier alpha value is -1.06. The molecule has 0 aliphatic heterocycles. The van der Waals surface area contributed by atoms with Crippen LogP contribution in [-0.2, 0) is 4.43 Å². The highest BCUT2D eigenvalue weighted by Crippen LogP contribution is 2.42. The van der Waals surface area contributed by atoms with Gasteiger partial charge >= 0.3 is 5.97 Å². The van der Waals surface area contributed by atoms with Gasteiger partial charge in [0.2, 0.25) is 8.32 Å². The summed E-state index contributed by atoms with van der Waals surface area (Å²) < 4.78 is 19.3. The number of rotatable bonds is 6. The third kappa shape index (κ3) is 6.73. The Morgan fingerprint density at radius 1 is 0.656 bits per heavy atom. The molecular weight excluding hydrogens is 449 g/mol. The van der Waals surface area contributed by atoms with Gasteiger partial charge in [-0.15, -0.1) is 0 Å². The molecule has 0 unspecified atom stereocenters. The first-order chi connectivity index (χ1) is 13.9. The predicted molar refractivity (Wildman–Crippen MR) is 145 cm³/mol. The van der Waals surface area contributed by atoms with Crippen LogP contribution in [0.15, 0.2) is 18.2 Å². The maximum Gasteiger partial charge on any atom is 0.328 e. The van der Waals surface area contributed by atoms with Crippen LogP contribution in [0.1, 0.15) is 72.7 Å². The number of hydrogen-bond acceptors (Lipinski definition) is 4. The van der Waals surface area contributed by atoms with Crippen LogP contribution in [0.25, 0.3) is 0 Å². The molecule has 0 aromatic heterocycles. The first kappa shape index (κ1) is 29.0. The summed E-state index contributed by atoms with van der Waals surface area (Å²) in [5.41, 5.74) is 0.468. The van der Waals surface area contributed by atoms with Crippen molar-refractivity contribution in [3.05, 3.63) is 23.8 Å². The van der Waals surface area contributed by atoms with Crippen molar-refractivity contribution >= 4 is 30.9 Å². The number of carbonyl (C=O) groups is 1. The van der Waals surface area contributed by atoms with E-state index in [1.54, 1.807) is 0 Å². The van der Waals surface area contributed by atoms with Crippen molar-refractivity contribution in [1.29, 1.82) is 0 Å². The molecule has 0 radical (unpaired) electrons. The summed E-state index contributed by atoms with van der Waals surface area (Å²) in [5.74, 6) is 0.996. The lowest BCUT2D eigenvalue weighted by Crippen LogP contribution is -2.45. The molecule has 0 spiro atoms. The van der Waals surface area contributed by atoms with Crippen LogP contribution in [0.2, 0.25) is 54.4 Å². The summed E-state index contributed by atoms with van der Waals surface area (Å²) in [4.78, 5) is 13.5. The Labute approximate surface area is 200 Å². The van der Waals surface area contributed by atoms with Crippen LogP contribution >= 0.6 is 0 Å². The van der Waals surface area contributed by atoms with E-state index in [1.165, 1.54) is 0 Å². The van der Waals surface area contributed by atoms with Crippen molar-refractivity contribution in [3.63, 3.8) is 0 Å². The molecule has 0 bridgehead atoms. The molecule has 0 saturated carbocycles. The molecule has 1 rings (SSSR count). The minimum Gasteiger partial charge on any atom is -0.543 e. The Morgan fingerprint density at radius 3 is 1.47 bits per heavy atom. The highest BCUT2D eigenvalue weighted by atomic mass is 28.4. The number of benzene rings is 1. The van der Waals surface area contributed by atoms with Crippen molar-refractivity contribution in [2.75, 3.05) is 0 Å². The second-order valence-electron chi connectivity index (χ2n) is 13.5. The summed E-state index contributed by atoms with van der Waals surface area (Å²) in [6.07, 6.45) is 0. The fourth-order valence-corrected chi connectivity index (χ4v) is 5.07. The first-order valence-corrected chi connectivity index (χ1v) is 20.4. The largest absolute Gasteiger partial charge is 0.543 e. The first-order valence-electron chi connectivity index (χ1n) is 11.7. The monoisotopic (exact) mass is 496 g/mol. The van der Waals surface area contributed by atoms with Gasteiger partial charge < -0.3 is 13.3 Å². The fraction of sp³-hybridized carbons (Fsp3) is 0.720. The minimum atomic E-state index is -2.29. The summed E-state index contributed by atoms with van der Waals surface area (Å²) in [5, 5.41) is 0.00734. The lowest BCUT2D eigenvalue weighted by atomic mass is 10.2. The van der Waals surface area contributed by atoms with Gasteiger partial charge in [0.1, 0.15) is 17.1 Å². The average Bonchev–Trinajstić information content (AvgIpc) is 2.52. The van der Waals surface area contributed by atoms with Crippen LogP contribution in [0, 0.1) is 0 Å². The van der Waals surface area contributed by atoms with E-state index < -0.39 is 25.0 Å². The summed E-state index contributed by atoms with van der Waals surface area (Å²) in [6.45, 7) is 32.6. The third-order valence-electron chi connectivity index (χ3n) is 7.68. The maximum absolute atomic E-state index is 13.5. The topological polar surface area (TPSA) is 44.8 Å². The number of hydrogen-bond donors (Lipinski definition) is 0. The van der Waals surface area contributed by atoms with Crippen molar-refractivity contribution in [2.45, 2.75) is 117 Å². The molecule has 0 aliphatic rings. The highest BCUT2D eigenvalue weighted by Gasteiger charge is 2.43. The van der Waals surface area contributed by atoms with Crippen LogP contribution < -0.4 is 8.85 Å². The normalized spacial score (nSPS) is 14.2. The number of carbonyl (C=O) groups excluding carboxylic acids is 1. The zero-order chi connectivity index (χ0) is 25.6. The molecule has 0 N–H and O–H groups in total. The Bertz CT molecular complexity index is 823. The van der Waals surface area contributed by atoms with Gasteiger partial charge in [0.15, 0.2) is 0 Å².